The number of rotatable bonds is 7. The van der Waals surface area contributed by atoms with Gasteiger partial charge in [0, 0.05) is 11.5 Å². The first-order valence-electron chi connectivity index (χ1n) is 6.27. The van der Waals surface area contributed by atoms with E-state index in [1.165, 1.54) is 12.1 Å². The maximum atomic E-state index is 12.8. The molecule has 2 nitrogen and oxygen atoms in total. The molecule has 0 N–H and O–H groups in total. The molecule has 1 aromatic carbocycles. The summed E-state index contributed by atoms with van der Waals surface area (Å²) in [7, 11) is 0. The number of ketones is 1. The van der Waals surface area contributed by atoms with Crippen LogP contribution in [-0.2, 0) is 0 Å². The predicted octanol–water partition coefficient (Wildman–Crippen LogP) is 4.54. The number of hydrogen-bond donors (Lipinski definition) is 0. The van der Waals surface area contributed by atoms with Crippen molar-refractivity contribution in [1.29, 1.82) is 0 Å². The van der Waals surface area contributed by atoms with E-state index in [0.717, 1.165) is 18.6 Å². The standard InChI is InChI=1S/C14H16F4O2/c1-3-5-9(2)12(19)10-6-4-7-11(8-10)20-14(17,18)13(15)16/h4,6-9,13H,3,5H2,1-2H3. The second-order valence-electron chi connectivity index (χ2n) is 4.55. The molecule has 0 spiro atoms. The summed E-state index contributed by atoms with van der Waals surface area (Å²) in [6.45, 7) is 3.65. The minimum atomic E-state index is -4.57. The average molecular weight is 292 g/mol. The SMILES string of the molecule is CCCC(C)C(=O)c1cccc(OC(F)(F)C(F)F)c1. The molecular weight excluding hydrogens is 276 g/mol. The Morgan fingerprint density at radius 1 is 1.35 bits per heavy atom. The molecule has 1 unspecified atom stereocenters. The molecule has 0 amide bonds. The zero-order valence-corrected chi connectivity index (χ0v) is 11.2. The lowest BCUT2D eigenvalue weighted by molar-refractivity contribution is -0.253. The number of benzene rings is 1. The van der Waals surface area contributed by atoms with Gasteiger partial charge in [0.05, 0.1) is 0 Å². The minimum absolute atomic E-state index is 0.175. The van der Waals surface area contributed by atoms with Crippen LogP contribution in [0.25, 0.3) is 0 Å². The summed E-state index contributed by atoms with van der Waals surface area (Å²) in [5.41, 5.74) is 0.175. The number of Topliss-reactive ketones (excluding diaryl/α,β-unsaturated/α-hetero) is 1. The highest BCUT2D eigenvalue weighted by Crippen LogP contribution is 2.28. The quantitative estimate of drug-likeness (QED) is 0.544. The molecule has 0 fully saturated rings. The van der Waals surface area contributed by atoms with Gasteiger partial charge in [-0.2, -0.15) is 17.6 Å². The molecule has 20 heavy (non-hydrogen) atoms. The zero-order valence-electron chi connectivity index (χ0n) is 11.2. The van der Waals surface area contributed by atoms with E-state index in [4.69, 9.17) is 0 Å². The lowest BCUT2D eigenvalue weighted by Crippen LogP contribution is -2.33. The van der Waals surface area contributed by atoms with Gasteiger partial charge >= 0.3 is 12.5 Å². The van der Waals surface area contributed by atoms with Crippen LogP contribution >= 0.6 is 0 Å². The molecule has 0 aliphatic carbocycles. The third-order valence-corrected chi connectivity index (χ3v) is 2.80. The van der Waals surface area contributed by atoms with Crippen molar-refractivity contribution in [3.63, 3.8) is 0 Å². The Balaban J connectivity index is 2.88. The Bertz CT molecular complexity index is 460. The Hall–Kier alpha value is -1.59. The third kappa shape index (κ3) is 4.21. The molecule has 1 aromatic rings. The molecule has 0 aromatic heterocycles. The highest BCUT2D eigenvalue weighted by atomic mass is 19.3. The van der Waals surface area contributed by atoms with E-state index in [1.807, 2.05) is 6.92 Å². The Morgan fingerprint density at radius 2 is 2.00 bits per heavy atom. The van der Waals surface area contributed by atoms with Crippen LogP contribution in [0, 0.1) is 5.92 Å². The normalized spacial score (nSPS) is 13.3. The lowest BCUT2D eigenvalue weighted by Gasteiger charge is -2.17. The van der Waals surface area contributed by atoms with Gasteiger partial charge < -0.3 is 4.74 Å². The van der Waals surface area contributed by atoms with Crippen LogP contribution in [0.15, 0.2) is 24.3 Å². The van der Waals surface area contributed by atoms with Crippen molar-refractivity contribution >= 4 is 5.78 Å². The summed E-state index contributed by atoms with van der Waals surface area (Å²) >= 11 is 0. The first-order valence-corrected chi connectivity index (χ1v) is 6.27. The zero-order chi connectivity index (χ0) is 15.3. The van der Waals surface area contributed by atoms with Gasteiger partial charge in [-0.25, -0.2) is 0 Å². The van der Waals surface area contributed by atoms with E-state index in [1.54, 1.807) is 6.92 Å². The minimum Gasteiger partial charge on any atom is -0.428 e. The fourth-order valence-corrected chi connectivity index (χ4v) is 1.76. The second kappa shape index (κ2) is 6.72. The first kappa shape index (κ1) is 16.5. The molecule has 0 saturated carbocycles. The van der Waals surface area contributed by atoms with Crippen molar-refractivity contribution in [2.45, 2.75) is 39.2 Å². The number of hydrogen-bond acceptors (Lipinski definition) is 2. The highest BCUT2D eigenvalue weighted by Gasteiger charge is 2.44. The summed E-state index contributed by atoms with van der Waals surface area (Å²) in [5.74, 6) is -0.937. The maximum absolute atomic E-state index is 12.8. The average Bonchev–Trinajstić information content (AvgIpc) is 2.37. The van der Waals surface area contributed by atoms with Gasteiger partial charge in [-0.05, 0) is 18.6 Å². The third-order valence-electron chi connectivity index (χ3n) is 2.80. The lowest BCUT2D eigenvalue weighted by atomic mass is 9.95. The topological polar surface area (TPSA) is 26.3 Å². The fourth-order valence-electron chi connectivity index (χ4n) is 1.76. The van der Waals surface area contributed by atoms with Gasteiger partial charge in [-0.3, -0.25) is 4.79 Å². The van der Waals surface area contributed by atoms with Crippen LogP contribution in [0.3, 0.4) is 0 Å². The molecule has 0 bridgehead atoms. The predicted molar refractivity (Wildman–Crippen MR) is 66.4 cm³/mol. The summed E-state index contributed by atoms with van der Waals surface area (Å²) in [6, 6.07) is 4.94. The number of ether oxygens (including phenoxy) is 1. The van der Waals surface area contributed by atoms with Crippen molar-refractivity contribution in [3.8, 4) is 5.75 Å². The molecule has 0 aliphatic heterocycles. The number of carbonyl (C=O) groups excluding carboxylic acids is 1. The molecule has 1 atom stereocenters. The smallest absolute Gasteiger partial charge is 0.428 e. The molecule has 0 saturated heterocycles. The monoisotopic (exact) mass is 292 g/mol. The van der Waals surface area contributed by atoms with Gasteiger partial charge in [-0.1, -0.05) is 32.4 Å². The molecule has 0 radical (unpaired) electrons. The molecule has 0 heterocycles. The van der Waals surface area contributed by atoms with Crippen molar-refractivity contribution in [1.82, 2.24) is 0 Å². The Labute approximate surface area is 114 Å². The van der Waals surface area contributed by atoms with E-state index in [0.29, 0.717) is 6.42 Å². The van der Waals surface area contributed by atoms with E-state index < -0.39 is 18.3 Å². The van der Waals surface area contributed by atoms with Gasteiger partial charge in [0.15, 0.2) is 5.78 Å². The van der Waals surface area contributed by atoms with E-state index >= 15 is 0 Å². The van der Waals surface area contributed by atoms with Crippen LogP contribution in [0.1, 0.15) is 37.0 Å². The highest BCUT2D eigenvalue weighted by molar-refractivity contribution is 5.97. The molecule has 0 aliphatic rings. The molecular formula is C14H16F4O2. The summed E-state index contributed by atoms with van der Waals surface area (Å²) in [4.78, 5) is 12.0. The van der Waals surface area contributed by atoms with E-state index in [-0.39, 0.29) is 17.3 Å². The van der Waals surface area contributed by atoms with Crippen molar-refractivity contribution in [3.05, 3.63) is 29.8 Å². The first-order chi connectivity index (χ1) is 9.27. The number of carbonyl (C=O) groups is 1. The van der Waals surface area contributed by atoms with Crippen LogP contribution in [-0.4, -0.2) is 18.3 Å². The summed E-state index contributed by atoms with van der Waals surface area (Å²) < 4.78 is 53.6. The second-order valence-corrected chi connectivity index (χ2v) is 4.55. The largest absolute Gasteiger partial charge is 0.461 e. The Kier molecular flexibility index (Phi) is 5.53. The number of halogens is 4. The summed E-state index contributed by atoms with van der Waals surface area (Å²) in [6.07, 6.45) is -7.03. The van der Waals surface area contributed by atoms with E-state index in [9.17, 15) is 22.4 Å². The maximum Gasteiger partial charge on any atom is 0.461 e. The van der Waals surface area contributed by atoms with Crippen LogP contribution in [0.4, 0.5) is 17.6 Å². The van der Waals surface area contributed by atoms with Crippen molar-refractivity contribution in [2.24, 2.45) is 5.92 Å². The fraction of sp³-hybridized carbons (Fsp3) is 0.500. The van der Waals surface area contributed by atoms with E-state index in [2.05, 4.69) is 4.74 Å². The molecule has 6 heteroatoms. The van der Waals surface area contributed by atoms with Crippen LogP contribution in [0.2, 0.25) is 0 Å². The number of alkyl halides is 4. The van der Waals surface area contributed by atoms with Crippen molar-refractivity contribution in [2.75, 3.05) is 0 Å². The van der Waals surface area contributed by atoms with Crippen LogP contribution < -0.4 is 4.74 Å². The van der Waals surface area contributed by atoms with Crippen LogP contribution in [0.5, 0.6) is 5.75 Å². The van der Waals surface area contributed by atoms with Gasteiger partial charge in [0.1, 0.15) is 5.75 Å². The summed E-state index contributed by atoms with van der Waals surface area (Å²) in [5, 5.41) is 0. The van der Waals surface area contributed by atoms with Gasteiger partial charge in [0.2, 0.25) is 0 Å². The van der Waals surface area contributed by atoms with Gasteiger partial charge in [-0.15, -0.1) is 0 Å². The molecule has 112 valence electrons. The van der Waals surface area contributed by atoms with Gasteiger partial charge in [0.25, 0.3) is 0 Å². The molecule has 1 rings (SSSR count). The van der Waals surface area contributed by atoms with Crippen molar-refractivity contribution < 1.29 is 27.1 Å². The Morgan fingerprint density at radius 3 is 2.55 bits per heavy atom.